The third-order valence-electron chi connectivity index (χ3n) is 1.42. The van der Waals surface area contributed by atoms with Crippen LogP contribution < -0.4 is 5.32 Å². The van der Waals surface area contributed by atoms with Gasteiger partial charge in [0.05, 0.1) is 19.0 Å². The molecule has 0 saturated carbocycles. The smallest absolute Gasteiger partial charge is 0.370 e. The molecule has 0 radical (unpaired) electrons. The molecular weight excluding hydrogens is 230 g/mol. The second kappa shape index (κ2) is 5.59. The summed E-state index contributed by atoms with van der Waals surface area (Å²) in [6.07, 6.45) is -2.43. The second-order valence-corrected chi connectivity index (χ2v) is 2.82. The maximum absolute atomic E-state index is 12.4. The number of hydrogen-bond acceptors (Lipinski definition) is 4. The Bertz CT molecular complexity index is 314. The van der Waals surface area contributed by atoms with Crippen LogP contribution in [0.2, 0.25) is 0 Å². The molecule has 0 atom stereocenters. The minimum Gasteiger partial charge on any atom is -0.370 e. The number of alkyl halides is 3. The highest BCUT2D eigenvalue weighted by molar-refractivity contribution is 5.21. The van der Waals surface area contributed by atoms with Gasteiger partial charge in [-0.1, -0.05) is 0 Å². The fourth-order valence-electron chi connectivity index (χ4n) is 0.826. The van der Waals surface area contributed by atoms with Crippen molar-refractivity contribution in [2.24, 2.45) is 0 Å². The normalized spacial score (nSPS) is 11.5. The molecule has 0 aliphatic rings. The number of nitrogens with one attached hydrogen (secondary N) is 1. The van der Waals surface area contributed by atoms with Crippen molar-refractivity contribution < 1.29 is 22.3 Å². The molecule has 90 valence electrons. The van der Waals surface area contributed by atoms with Gasteiger partial charge in [0.25, 0.3) is 0 Å². The highest BCUT2D eigenvalue weighted by atomic mass is 19.4. The summed E-state index contributed by atoms with van der Waals surface area (Å²) in [5, 5.41) is 2.58. The molecular formula is C8H9F4N3O. The summed E-state index contributed by atoms with van der Waals surface area (Å²) in [7, 11) is 0. The van der Waals surface area contributed by atoms with Crippen LogP contribution in [0.5, 0.6) is 0 Å². The van der Waals surface area contributed by atoms with Crippen LogP contribution >= 0.6 is 0 Å². The van der Waals surface area contributed by atoms with E-state index in [4.69, 9.17) is 0 Å². The van der Waals surface area contributed by atoms with E-state index in [1.54, 1.807) is 0 Å². The van der Waals surface area contributed by atoms with Gasteiger partial charge < -0.3 is 10.1 Å². The predicted octanol–water partition coefficient (Wildman–Crippen LogP) is 1.61. The van der Waals surface area contributed by atoms with Crippen LogP contribution in [0.1, 0.15) is 0 Å². The molecule has 1 heterocycles. The Morgan fingerprint density at radius 2 is 1.88 bits per heavy atom. The van der Waals surface area contributed by atoms with Crippen LogP contribution in [-0.4, -0.2) is 35.9 Å². The van der Waals surface area contributed by atoms with Crippen LogP contribution in [0.25, 0.3) is 0 Å². The van der Waals surface area contributed by atoms with Crippen molar-refractivity contribution in [1.82, 2.24) is 9.97 Å². The van der Waals surface area contributed by atoms with E-state index >= 15 is 0 Å². The first-order valence-electron chi connectivity index (χ1n) is 4.33. The van der Waals surface area contributed by atoms with Crippen molar-refractivity contribution in [2.75, 3.05) is 25.1 Å². The molecule has 8 heteroatoms. The van der Waals surface area contributed by atoms with Crippen molar-refractivity contribution in [3.63, 3.8) is 0 Å². The quantitative estimate of drug-likeness (QED) is 0.626. The van der Waals surface area contributed by atoms with Gasteiger partial charge in [0.15, 0.2) is 5.82 Å². The minimum absolute atomic E-state index is 0.113. The van der Waals surface area contributed by atoms with Gasteiger partial charge in [-0.2, -0.15) is 13.2 Å². The Hall–Kier alpha value is -1.44. The summed E-state index contributed by atoms with van der Waals surface area (Å²) in [5.41, 5.74) is 0. The first-order chi connectivity index (χ1) is 7.47. The van der Waals surface area contributed by atoms with Gasteiger partial charge in [0, 0.05) is 6.54 Å². The van der Waals surface area contributed by atoms with Crippen LogP contribution in [-0.2, 0) is 4.74 Å². The molecule has 4 nitrogen and oxygen atoms in total. The van der Waals surface area contributed by atoms with E-state index in [0.717, 1.165) is 12.4 Å². The van der Waals surface area contributed by atoms with Gasteiger partial charge in [-0.3, -0.25) is 0 Å². The van der Waals surface area contributed by atoms with Crippen molar-refractivity contribution in [3.8, 4) is 0 Å². The van der Waals surface area contributed by atoms with Crippen molar-refractivity contribution in [3.05, 3.63) is 18.2 Å². The largest absolute Gasteiger partial charge is 0.411 e. The summed E-state index contributed by atoms with van der Waals surface area (Å²) in [5.74, 6) is -0.448. The standard InChI is InChI=1S/C8H9F4N3O/c9-6-3-14-7(15-4-6)13-1-2-16-5-8(10,11)12/h3-4H,1-2,5H2,(H,13,14,15). The van der Waals surface area contributed by atoms with Crippen LogP contribution in [0.3, 0.4) is 0 Å². The molecule has 1 aromatic rings. The molecule has 0 spiro atoms. The lowest BCUT2D eigenvalue weighted by Crippen LogP contribution is -2.20. The number of aromatic nitrogens is 2. The molecule has 1 rings (SSSR count). The third-order valence-corrected chi connectivity index (χ3v) is 1.42. The fourth-order valence-corrected chi connectivity index (χ4v) is 0.826. The average molecular weight is 239 g/mol. The minimum atomic E-state index is -4.33. The maximum atomic E-state index is 12.4. The van der Waals surface area contributed by atoms with E-state index in [1.807, 2.05) is 0 Å². The third kappa shape index (κ3) is 5.44. The predicted molar refractivity (Wildman–Crippen MR) is 47.4 cm³/mol. The highest BCUT2D eigenvalue weighted by Gasteiger charge is 2.27. The number of rotatable bonds is 5. The fraction of sp³-hybridized carbons (Fsp3) is 0.500. The van der Waals surface area contributed by atoms with Gasteiger partial charge in [0.2, 0.25) is 5.95 Å². The Kier molecular flexibility index (Phi) is 4.41. The molecule has 0 aliphatic heterocycles. The van der Waals surface area contributed by atoms with E-state index in [-0.39, 0.29) is 19.1 Å². The van der Waals surface area contributed by atoms with E-state index in [1.165, 1.54) is 0 Å². The molecule has 0 fully saturated rings. The van der Waals surface area contributed by atoms with Crippen LogP contribution in [0, 0.1) is 5.82 Å². The van der Waals surface area contributed by atoms with Gasteiger partial charge >= 0.3 is 6.18 Å². The zero-order chi connectivity index (χ0) is 12.0. The van der Waals surface area contributed by atoms with Crippen LogP contribution in [0.4, 0.5) is 23.5 Å². The van der Waals surface area contributed by atoms with E-state index in [0.29, 0.717) is 0 Å². The zero-order valence-electron chi connectivity index (χ0n) is 8.09. The maximum Gasteiger partial charge on any atom is 0.411 e. The number of nitrogens with zero attached hydrogens (tertiary/aromatic N) is 2. The van der Waals surface area contributed by atoms with E-state index < -0.39 is 18.6 Å². The molecule has 1 aromatic heterocycles. The van der Waals surface area contributed by atoms with Gasteiger partial charge in [-0.15, -0.1) is 0 Å². The number of hydrogen-bond donors (Lipinski definition) is 1. The molecule has 0 bridgehead atoms. The van der Waals surface area contributed by atoms with Crippen molar-refractivity contribution >= 4 is 5.95 Å². The second-order valence-electron chi connectivity index (χ2n) is 2.82. The van der Waals surface area contributed by atoms with E-state index in [9.17, 15) is 17.6 Å². The van der Waals surface area contributed by atoms with Gasteiger partial charge in [-0.05, 0) is 0 Å². The molecule has 0 saturated heterocycles. The van der Waals surface area contributed by atoms with Gasteiger partial charge in [-0.25, -0.2) is 14.4 Å². The molecule has 16 heavy (non-hydrogen) atoms. The summed E-state index contributed by atoms with van der Waals surface area (Å²) in [6.45, 7) is -1.32. The Balaban J connectivity index is 2.14. The summed E-state index contributed by atoms with van der Waals surface area (Å²) in [6, 6.07) is 0. The summed E-state index contributed by atoms with van der Waals surface area (Å²) >= 11 is 0. The van der Waals surface area contributed by atoms with Crippen molar-refractivity contribution in [2.45, 2.75) is 6.18 Å². The van der Waals surface area contributed by atoms with Crippen molar-refractivity contribution in [1.29, 1.82) is 0 Å². The lowest BCUT2D eigenvalue weighted by Gasteiger charge is -2.08. The molecule has 0 aliphatic carbocycles. The lowest BCUT2D eigenvalue weighted by molar-refractivity contribution is -0.172. The SMILES string of the molecule is Fc1cnc(NCCOCC(F)(F)F)nc1. The van der Waals surface area contributed by atoms with Crippen LogP contribution in [0.15, 0.2) is 12.4 Å². The number of halogens is 4. The molecule has 0 amide bonds. The summed E-state index contributed by atoms with van der Waals surface area (Å²) in [4.78, 5) is 7.10. The zero-order valence-corrected chi connectivity index (χ0v) is 8.09. The molecule has 0 unspecified atom stereocenters. The summed E-state index contributed by atoms with van der Waals surface area (Å²) < 4.78 is 51.6. The lowest BCUT2D eigenvalue weighted by atomic mass is 10.6. The molecule has 1 N–H and O–H groups in total. The first kappa shape index (κ1) is 12.6. The van der Waals surface area contributed by atoms with Gasteiger partial charge in [0.1, 0.15) is 6.61 Å². The molecule has 0 aromatic carbocycles. The Morgan fingerprint density at radius 3 is 2.44 bits per heavy atom. The number of ether oxygens (including phenoxy) is 1. The number of anilines is 1. The monoisotopic (exact) mass is 239 g/mol. The highest BCUT2D eigenvalue weighted by Crippen LogP contribution is 2.14. The first-order valence-corrected chi connectivity index (χ1v) is 4.33. The van der Waals surface area contributed by atoms with E-state index in [2.05, 4.69) is 20.0 Å². The Labute approximate surface area is 88.7 Å². The Morgan fingerprint density at radius 1 is 1.25 bits per heavy atom. The average Bonchev–Trinajstić information content (AvgIpc) is 2.19. The topological polar surface area (TPSA) is 47.0 Å².